The summed E-state index contributed by atoms with van der Waals surface area (Å²) >= 11 is 1.37. The number of carboxylic acids is 1. The van der Waals surface area contributed by atoms with Crippen molar-refractivity contribution in [1.29, 1.82) is 0 Å². The van der Waals surface area contributed by atoms with Crippen LogP contribution in [-0.4, -0.2) is 21.9 Å². The highest BCUT2D eigenvalue weighted by Crippen LogP contribution is 2.32. The molecule has 7 heteroatoms. The smallest absolute Gasteiger partial charge is 0.372 e. The lowest BCUT2D eigenvalue weighted by Gasteiger charge is -2.22. The van der Waals surface area contributed by atoms with E-state index in [1.165, 1.54) is 30.1 Å². The first kappa shape index (κ1) is 22.0. The van der Waals surface area contributed by atoms with Gasteiger partial charge in [-0.25, -0.2) is 17.9 Å². The summed E-state index contributed by atoms with van der Waals surface area (Å²) in [6.45, 7) is 2.34. The van der Waals surface area contributed by atoms with Crippen molar-refractivity contribution in [3.63, 3.8) is 0 Å². The molecule has 3 aromatic carbocycles. The Labute approximate surface area is 188 Å². The van der Waals surface area contributed by atoms with Crippen molar-refractivity contribution >= 4 is 28.9 Å². The number of aromatic carboxylic acids is 1. The molecule has 0 saturated heterocycles. The summed E-state index contributed by atoms with van der Waals surface area (Å²) in [5.41, 5.74) is 2.17. The molecule has 1 aromatic heterocycles. The third-order valence-corrected chi connectivity index (χ3v) is 6.26. The summed E-state index contributed by atoms with van der Waals surface area (Å²) in [5.74, 6) is -2.37. The monoisotopic (exact) mass is 453 g/mol. The zero-order chi connectivity index (χ0) is 22.7. The fourth-order valence-electron chi connectivity index (χ4n) is 3.53. The Balaban J connectivity index is 1.61. The van der Waals surface area contributed by atoms with Gasteiger partial charge in [-0.1, -0.05) is 36.4 Å². The zero-order valence-electron chi connectivity index (χ0n) is 17.3. The Morgan fingerprint density at radius 1 is 1.03 bits per heavy atom. The predicted octanol–water partition coefficient (Wildman–Crippen LogP) is 6.47. The van der Waals surface area contributed by atoms with Gasteiger partial charge in [0, 0.05) is 34.5 Å². The van der Waals surface area contributed by atoms with Crippen LogP contribution in [0.15, 0.2) is 76.0 Å². The van der Waals surface area contributed by atoms with Gasteiger partial charge in [-0.05, 0) is 61.2 Å². The molecule has 4 nitrogen and oxygen atoms in total. The minimum absolute atomic E-state index is 0.0156. The van der Waals surface area contributed by atoms with E-state index in [-0.39, 0.29) is 17.9 Å². The van der Waals surface area contributed by atoms with Crippen LogP contribution in [0, 0.1) is 18.6 Å². The van der Waals surface area contributed by atoms with Crippen molar-refractivity contribution in [2.24, 2.45) is 0 Å². The molecule has 4 rings (SSSR count). The van der Waals surface area contributed by atoms with Crippen LogP contribution in [0.25, 0.3) is 11.0 Å². The zero-order valence-corrected chi connectivity index (χ0v) is 18.2. The molecule has 0 radical (unpaired) electrons. The molecule has 4 aromatic rings. The average Bonchev–Trinajstić information content (AvgIpc) is 3.11. The maximum absolute atomic E-state index is 14.3. The standard InChI is InChI=1S/C25H21F2NO3S/c1-16-19-14-18(10-11-23(19)31-24(16)25(29)30)32-28(13-12-17-6-3-2-4-7-17)15-20-21(26)8-5-9-22(20)27/h2-11,14H,12-13,15H2,1H3,(H,29,30). The normalized spacial score (nSPS) is 11.4. The van der Waals surface area contributed by atoms with Crippen molar-refractivity contribution in [1.82, 2.24) is 4.31 Å². The van der Waals surface area contributed by atoms with Gasteiger partial charge in [0.2, 0.25) is 5.76 Å². The summed E-state index contributed by atoms with van der Waals surface area (Å²) in [5, 5.41) is 10.00. The Morgan fingerprint density at radius 2 is 1.75 bits per heavy atom. The summed E-state index contributed by atoms with van der Waals surface area (Å²) in [6, 6.07) is 19.1. The van der Waals surface area contributed by atoms with E-state index < -0.39 is 17.6 Å². The number of fused-ring (bicyclic) bond motifs is 1. The Hall–Kier alpha value is -3.16. The van der Waals surface area contributed by atoms with Crippen LogP contribution in [0.4, 0.5) is 8.78 Å². The maximum Gasteiger partial charge on any atom is 0.372 e. The van der Waals surface area contributed by atoms with Crippen LogP contribution in [0.3, 0.4) is 0 Å². The molecule has 164 valence electrons. The lowest BCUT2D eigenvalue weighted by atomic mass is 10.1. The van der Waals surface area contributed by atoms with Gasteiger partial charge in [-0.2, -0.15) is 0 Å². The second-order valence-electron chi connectivity index (χ2n) is 7.41. The van der Waals surface area contributed by atoms with Gasteiger partial charge in [-0.3, -0.25) is 0 Å². The van der Waals surface area contributed by atoms with E-state index >= 15 is 0 Å². The number of hydrogen-bond acceptors (Lipinski definition) is 4. The molecule has 1 heterocycles. The lowest BCUT2D eigenvalue weighted by Crippen LogP contribution is -2.20. The summed E-state index contributed by atoms with van der Waals surface area (Å²) in [6.07, 6.45) is 0.708. The first-order valence-corrected chi connectivity index (χ1v) is 10.9. The summed E-state index contributed by atoms with van der Waals surface area (Å²) in [7, 11) is 0. The number of carboxylic acid groups (broad SMARTS) is 1. The topological polar surface area (TPSA) is 53.7 Å². The van der Waals surface area contributed by atoms with Crippen LogP contribution < -0.4 is 0 Å². The minimum atomic E-state index is -1.12. The molecule has 0 unspecified atom stereocenters. The van der Waals surface area contributed by atoms with E-state index in [0.29, 0.717) is 29.5 Å². The second-order valence-corrected chi connectivity index (χ2v) is 8.58. The summed E-state index contributed by atoms with van der Waals surface area (Å²) < 4.78 is 36.0. The maximum atomic E-state index is 14.3. The SMILES string of the molecule is Cc1c(C(=O)O)oc2ccc(SN(CCc3ccccc3)Cc3c(F)cccc3F)cc12. The van der Waals surface area contributed by atoms with Gasteiger partial charge in [0.25, 0.3) is 0 Å². The molecule has 0 aliphatic rings. The van der Waals surface area contributed by atoms with Crippen LogP contribution >= 0.6 is 11.9 Å². The number of benzene rings is 3. The number of hydrogen-bond donors (Lipinski definition) is 1. The van der Waals surface area contributed by atoms with E-state index in [4.69, 9.17) is 4.42 Å². The van der Waals surface area contributed by atoms with Crippen molar-refractivity contribution in [2.75, 3.05) is 6.54 Å². The Kier molecular flexibility index (Phi) is 6.58. The van der Waals surface area contributed by atoms with Crippen LogP contribution in [0.2, 0.25) is 0 Å². The molecule has 0 spiro atoms. The fourth-order valence-corrected chi connectivity index (χ4v) is 4.50. The highest BCUT2D eigenvalue weighted by Gasteiger charge is 2.19. The number of rotatable bonds is 8. The highest BCUT2D eigenvalue weighted by atomic mass is 32.2. The number of aryl methyl sites for hydroxylation is 1. The molecular formula is C25H21F2NO3S. The molecule has 0 fully saturated rings. The second kappa shape index (κ2) is 9.54. The van der Waals surface area contributed by atoms with E-state index in [0.717, 1.165) is 10.5 Å². The number of halogens is 2. The molecular weight excluding hydrogens is 432 g/mol. The van der Waals surface area contributed by atoms with E-state index in [9.17, 15) is 18.7 Å². The Bertz CT molecular complexity index is 1240. The molecule has 0 aliphatic carbocycles. The molecule has 0 atom stereocenters. The van der Waals surface area contributed by atoms with Gasteiger partial charge in [0.15, 0.2) is 0 Å². The van der Waals surface area contributed by atoms with Gasteiger partial charge >= 0.3 is 5.97 Å². The average molecular weight is 454 g/mol. The molecule has 32 heavy (non-hydrogen) atoms. The molecule has 1 N–H and O–H groups in total. The number of carbonyl (C=O) groups is 1. The molecule has 0 aliphatic heterocycles. The highest BCUT2D eigenvalue weighted by molar-refractivity contribution is 7.97. The quantitative estimate of drug-likeness (QED) is 0.310. The third kappa shape index (κ3) is 4.84. The lowest BCUT2D eigenvalue weighted by molar-refractivity contribution is 0.0664. The largest absolute Gasteiger partial charge is 0.475 e. The van der Waals surface area contributed by atoms with Gasteiger partial charge in [-0.15, -0.1) is 0 Å². The van der Waals surface area contributed by atoms with Crippen molar-refractivity contribution in [3.8, 4) is 0 Å². The van der Waals surface area contributed by atoms with E-state index in [2.05, 4.69) is 0 Å². The van der Waals surface area contributed by atoms with Crippen molar-refractivity contribution in [2.45, 2.75) is 24.8 Å². The first-order chi connectivity index (χ1) is 15.4. The van der Waals surface area contributed by atoms with Crippen LogP contribution in [-0.2, 0) is 13.0 Å². The number of nitrogens with zero attached hydrogens (tertiary/aromatic N) is 1. The van der Waals surface area contributed by atoms with Gasteiger partial charge in [0.05, 0.1) is 0 Å². The Morgan fingerprint density at radius 3 is 2.44 bits per heavy atom. The first-order valence-electron chi connectivity index (χ1n) is 10.1. The van der Waals surface area contributed by atoms with Gasteiger partial charge in [0.1, 0.15) is 17.2 Å². The predicted molar refractivity (Wildman–Crippen MR) is 121 cm³/mol. The molecule has 0 amide bonds. The fraction of sp³-hybridized carbons (Fsp3) is 0.160. The number of furan rings is 1. The van der Waals surface area contributed by atoms with Gasteiger partial charge < -0.3 is 9.52 Å². The van der Waals surface area contributed by atoms with E-state index in [1.54, 1.807) is 13.0 Å². The van der Waals surface area contributed by atoms with Crippen LogP contribution in [0.5, 0.6) is 0 Å². The molecule has 0 bridgehead atoms. The van der Waals surface area contributed by atoms with Crippen LogP contribution in [0.1, 0.15) is 27.2 Å². The summed E-state index contributed by atoms with van der Waals surface area (Å²) in [4.78, 5) is 12.2. The van der Waals surface area contributed by atoms with Crippen molar-refractivity contribution < 1.29 is 23.1 Å². The third-order valence-electron chi connectivity index (χ3n) is 5.23. The van der Waals surface area contributed by atoms with E-state index in [1.807, 2.05) is 46.8 Å². The molecule has 0 saturated carbocycles. The van der Waals surface area contributed by atoms with Crippen molar-refractivity contribution in [3.05, 3.63) is 101 Å². The minimum Gasteiger partial charge on any atom is -0.475 e.